The van der Waals surface area contributed by atoms with Crippen molar-refractivity contribution in [2.45, 2.75) is 52.7 Å². The van der Waals surface area contributed by atoms with Crippen LogP contribution in [0, 0.1) is 11.3 Å². The van der Waals surface area contributed by atoms with E-state index in [9.17, 15) is 24.8 Å². The smallest absolute Gasteiger partial charge is 0.344 e. The van der Waals surface area contributed by atoms with Gasteiger partial charge in [0.2, 0.25) is 0 Å². The molecule has 0 radical (unpaired) electrons. The first-order valence-electron chi connectivity index (χ1n) is 11.6. The van der Waals surface area contributed by atoms with Gasteiger partial charge in [-0.1, -0.05) is 20.8 Å². The highest BCUT2D eigenvalue weighted by Crippen LogP contribution is 2.33. The fourth-order valence-corrected chi connectivity index (χ4v) is 3.51. The molecule has 0 fully saturated rings. The molecular weight excluding hydrogens is 462 g/mol. The molecule has 1 unspecified atom stereocenters. The molecule has 0 saturated carbocycles. The number of nitriles is 1. The summed E-state index contributed by atoms with van der Waals surface area (Å²) in [5, 5.41) is 24.3. The third kappa shape index (κ3) is 7.06. The van der Waals surface area contributed by atoms with Gasteiger partial charge in [-0.15, -0.1) is 0 Å². The van der Waals surface area contributed by atoms with Gasteiger partial charge in [0.15, 0.2) is 11.9 Å². The maximum atomic E-state index is 12.9. The minimum atomic E-state index is -1.08. The van der Waals surface area contributed by atoms with E-state index < -0.39 is 12.1 Å². The second-order valence-electron chi connectivity index (χ2n) is 9.22. The van der Waals surface area contributed by atoms with Crippen LogP contribution in [0.3, 0.4) is 0 Å². The molecule has 3 N–H and O–H groups in total. The van der Waals surface area contributed by atoms with Gasteiger partial charge in [0, 0.05) is 24.7 Å². The Hall–Kier alpha value is -3.90. The van der Waals surface area contributed by atoms with Crippen molar-refractivity contribution >= 4 is 17.7 Å². The summed E-state index contributed by atoms with van der Waals surface area (Å²) in [4.78, 5) is 36.3. The highest BCUT2D eigenvalue weighted by molar-refractivity contribution is 5.98. The number of carbonyl (C=O) groups excluding carboxylic acids is 2. The summed E-state index contributed by atoms with van der Waals surface area (Å²) in [5.74, 6) is -0.833. The number of amides is 1. The van der Waals surface area contributed by atoms with Gasteiger partial charge >= 0.3 is 5.97 Å². The molecule has 0 aromatic heterocycles. The van der Waals surface area contributed by atoms with Gasteiger partial charge < -0.3 is 25.2 Å². The molecule has 2 rings (SSSR count). The largest absolute Gasteiger partial charge is 0.493 e. The second kappa shape index (κ2) is 12.2. The van der Waals surface area contributed by atoms with Crippen LogP contribution < -0.4 is 20.1 Å². The molecular formula is C27H33N3O6. The quantitative estimate of drug-likeness (QED) is 0.403. The van der Waals surface area contributed by atoms with Crippen molar-refractivity contribution in [3.05, 3.63) is 58.1 Å². The number of hydrogen-bond donors (Lipinski definition) is 3. The molecule has 192 valence electrons. The van der Waals surface area contributed by atoms with Gasteiger partial charge in [-0.3, -0.25) is 9.59 Å². The summed E-state index contributed by atoms with van der Waals surface area (Å²) in [6.07, 6.45) is -1.03. The van der Waals surface area contributed by atoms with Crippen molar-refractivity contribution in [1.29, 1.82) is 5.26 Å². The summed E-state index contributed by atoms with van der Waals surface area (Å²) in [7, 11) is 1.50. The van der Waals surface area contributed by atoms with Gasteiger partial charge in [-0.25, -0.2) is 4.79 Å². The molecule has 0 spiro atoms. The lowest BCUT2D eigenvalue weighted by Crippen LogP contribution is -2.26. The minimum Gasteiger partial charge on any atom is -0.493 e. The number of ketones is 1. The zero-order chi connectivity index (χ0) is 27.0. The van der Waals surface area contributed by atoms with Gasteiger partial charge in [0.1, 0.15) is 11.5 Å². The SMILES string of the molecule is CCOc1cc(CNCC(=O)c2ccc(OC(C)C(=O)O)c(C(C)(C)C)c2)c(C#N)cc1C(=O)NC. The van der Waals surface area contributed by atoms with Crippen LogP contribution in [-0.4, -0.2) is 49.1 Å². The lowest BCUT2D eigenvalue weighted by Gasteiger charge is -2.24. The number of carboxylic acids is 1. The first-order valence-corrected chi connectivity index (χ1v) is 11.6. The average Bonchev–Trinajstić information content (AvgIpc) is 2.83. The third-order valence-corrected chi connectivity index (χ3v) is 5.46. The summed E-state index contributed by atoms with van der Waals surface area (Å²) in [6.45, 7) is 9.67. The van der Waals surface area contributed by atoms with Crippen LogP contribution in [0.5, 0.6) is 11.5 Å². The maximum Gasteiger partial charge on any atom is 0.344 e. The molecule has 0 heterocycles. The lowest BCUT2D eigenvalue weighted by atomic mass is 9.85. The van der Waals surface area contributed by atoms with Crippen LogP contribution in [0.15, 0.2) is 30.3 Å². The molecule has 2 aromatic carbocycles. The Kier molecular flexibility index (Phi) is 9.59. The molecule has 0 saturated heterocycles. The first kappa shape index (κ1) is 28.3. The zero-order valence-electron chi connectivity index (χ0n) is 21.5. The molecule has 36 heavy (non-hydrogen) atoms. The molecule has 2 aromatic rings. The molecule has 9 nitrogen and oxygen atoms in total. The Morgan fingerprint density at radius 1 is 1.14 bits per heavy atom. The van der Waals surface area contributed by atoms with Crippen molar-refractivity contribution < 1.29 is 29.0 Å². The van der Waals surface area contributed by atoms with E-state index in [1.165, 1.54) is 20.0 Å². The fraction of sp³-hybridized carbons (Fsp3) is 0.407. The summed E-state index contributed by atoms with van der Waals surface area (Å²) in [6, 6.07) is 10.2. The Balaban J connectivity index is 2.22. The monoisotopic (exact) mass is 495 g/mol. The van der Waals surface area contributed by atoms with Crippen molar-refractivity contribution in [2.75, 3.05) is 20.2 Å². The van der Waals surface area contributed by atoms with Gasteiger partial charge in [-0.05, 0) is 55.2 Å². The number of rotatable bonds is 11. The molecule has 0 aliphatic heterocycles. The van der Waals surface area contributed by atoms with Crippen molar-refractivity contribution in [3.63, 3.8) is 0 Å². The minimum absolute atomic E-state index is 0.00134. The third-order valence-electron chi connectivity index (χ3n) is 5.46. The predicted molar refractivity (Wildman–Crippen MR) is 135 cm³/mol. The van der Waals surface area contributed by atoms with Gasteiger partial charge in [-0.2, -0.15) is 5.26 Å². The normalized spacial score (nSPS) is 11.8. The van der Waals surface area contributed by atoms with E-state index in [1.807, 2.05) is 20.8 Å². The van der Waals surface area contributed by atoms with Crippen molar-refractivity contribution in [2.24, 2.45) is 0 Å². The maximum absolute atomic E-state index is 12.9. The first-order chi connectivity index (χ1) is 16.9. The zero-order valence-corrected chi connectivity index (χ0v) is 21.5. The standard InChI is InChI=1S/C27H33N3O6/c1-7-35-24-12-19(18(13-28)10-20(24)25(32)29-6)14-30-15-22(31)17-8-9-23(36-16(2)26(33)34)21(11-17)27(3,4)5/h8-12,16,30H,7,14-15H2,1-6H3,(H,29,32)(H,33,34). The van der Waals surface area contributed by atoms with Crippen LogP contribution in [0.25, 0.3) is 0 Å². The number of carboxylic acid groups (broad SMARTS) is 1. The summed E-state index contributed by atoms with van der Waals surface area (Å²) in [5.41, 5.74) is 1.96. The topological polar surface area (TPSA) is 138 Å². The number of nitrogens with zero attached hydrogens (tertiary/aromatic N) is 1. The van der Waals surface area contributed by atoms with E-state index in [-0.39, 0.29) is 35.8 Å². The lowest BCUT2D eigenvalue weighted by molar-refractivity contribution is -0.144. The highest BCUT2D eigenvalue weighted by atomic mass is 16.5. The number of carbonyl (C=O) groups is 3. The highest BCUT2D eigenvalue weighted by Gasteiger charge is 2.24. The Bertz CT molecular complexity index is 1180. The van der Waals surface area contributed by atoms with Crippen molar-refractivity contribution in [3.8, 4) is 17.6 Å². The number of ether oxygens (including phenoxy) is 2. The van der Waals surface area contributed by atoms with E-state index in [0.29, 0.717) is 34.8 Å². The van der Waals surface area contributed by atoms with E-state index >= 15 is 0 Å². The molecule has 0 aliphatic carbocycles. The van der Waals surface area contributed by atoms with Gasteiger partial charge in [0.25, 0.3) is 5.91 Å². The van der Waals surface area contributed by atoms with Crippen LogP contribution in [-0.2, 0) is 16.8 Å². The van der Waals surface area contributed by atoms with Gasteiger partial charge in [0.05, 0.1) is 30.3 Å². The van der Waals surface area contributed by atoms with Crippen molar-refractivity contribution in [1.82, 2.24) is 10.6 Å². The Morgan fingerprint density at radius 2 is 1.83 bits per heavy atom. The van der Waals surface area contributed by atoms with Crippen LogP contribution in [0.2, 0.25) is 0 Å². The van der Waals surface area contributed by atoms with E-state index in [2.05, 4.69) is 16.7 Å². The molecule has 1 atom stereocenters. The summed E-state index contributed by atoms with van der Waals surface area (Å²) < 4.78 is 11.2. The number of hydrogen-bond acceptors (Lipinski definition) is 7. The molecule has 1 amide bonds. The molecule has 0 bridgehead atoms. The predicted octanol–water partition coefficient (Wildman–Crippen LogP) is 3.44. The fourth-order valence-electron chi connectivity index (χ4n) is 3.51. The number of nitrogens with one attached hydrogen (secondary N) is 2. The van der Waals surface area contributed by atoms with E-state index in [4.69, 9.17) is 9.47 Å². The van der Waals surface area contributed by atoms with E-state index in [0.717, 1.165) is 5.56 Å². The second-order valence-corrected chi connectivity index (χ2v) is 9.22. The summed E-state index contributed by atoms with van der Waals surface area (Å²) >= 11 is 0. The molecule has 9 heteroatoms. The Labute approximate surface area is 211 Å². The number of aliphatic carboxylic acids is 1. The van der Waals surface area contributed by atoms with Crippen LogP contribution >= 0.6 is 0 Å². The number of benzene rings is 2. The Morgan fingerprint density at radius 3 is 2.39 bits per heavy atom. The van der Waals surface area contributed by atoms with Crippen LogP contribution in [0.1, 0.15) is 72.0 Å². The number of Topliss-reactive ketones (excluding diaryl/α,β-unsaturated/α-hetero) is 1. The average molecular weight is 496 g/mol. The van der Waals surface area contributed by atoms with E-state index in [1.54, 1.807) is 31.2 Å². The van der Waals surface area contributed by atoms with Crippen LogP contribution in [0.4, 0.5) is 0 Å². The molecule has 0 aliphatic rings.